The molecule has 3 aromatic rings. The summed E-state index contributed by atoms with van der Waals surface area (Å²) >= 11 is 0. The Bertz CT molecular complexity index is 1040. The van der Waals surface area contributed by atoms with Crippen LogP contribution >= 0.6 is 0 Å². The first-order valence-corrected chi connectivity index (χ1v) is 10.1. The second-order valence-corrected chi connectivity index (χ2v) is 7.35. The number of nitrogens with zero attached hydrogens (tertiary/aromatic N) is 2. The van der Waals surface area contributed by atoms with Crippen LogP contribution in [0.3, 0.4) is 0 Å². The SMILES string of the molecule is C=CCN(Cc1cccn1Cc1cccc(C(F)(F)F)c1)C(=O)c1ccc(CC)cc1. The highest BCUT2D eigenvalue weighted by molar-refractivity contribution is 5.94. The van der Waals surface area contributed by atoms with Crippen LogP contribution in [0.25, 0.3) is 0 Å². The standard InChI is InChI=1S/C25H25F3N2O/c1-3-14-30(24(31)21-12-10-19(4-2)11-13-21)18-23-9-6-15-29(23)17-20-7-5-8-22(16-20)25(26,27)28/h3,5-13,15-16H,1,4,14,17-18H2,2H3. The molecule has 3 rings (SSSR count). The summed E-state index contributed by atoms with van der Waals surface area (Å²) in [6.07, 6.45) is -0.00940. The van der Waals surface area contributed by atoms with E-state index in [2.05, 4.69) is 13.5 Å². The number of benzene rings is 2. The molecule has 162 valence electrons. The van der Waals surface area contributed by atoms with Gasteiger partial charge in [0, 0.05) is 30.5 Å². The molecular formula is C25H25F3N2O. The van der Waals surface area contributed by atoms with Crippen LogP contribution in [0.15, 0.2) is 79.5 Å². The fourth-order valence-corrected chi connectivity index (χ4v) is 3.43. The molecule has 3 nitrogen and oxygen atoms in total. The third kappa shape index (κ3) is 5.66. The lowest BCUT2D eigenvalue weighted by atomic mass is 10.1. The van der Waals surface area contributed by atoms with Crippen molar-refractivity contribution >= 4 is 5.91 Å². The Kier molecular flexibility index (Phi) is 7.00. The van der Waals surface area contributed by atoms with E-state index in [0.717, 1.165) is 29.8 Å². The van der Waals surface area contributed by atoms with Gasteiger partial charge in [0.1, 0.15) is 0 Å². The molecule has 0 atom stereocenters. The Morgan fingerprint density at radius 2 is 1.81 bits per heavy atom. The lowest BCUT2D eigenvalue weighted by molar-refractivity contribution is -0.137. The Morgan fingerprint density at radius 3 is 2.45 bits per heavy atom. The minimum Gasteiger partial charge on any atom is -0.345 e. The van der Waals surface area contributed by atoms with Crippen molar-refractivity contribution in [2.75, 3.05) is 6.54 Å². The number of amides is 1. The molecule has 0 fully saturated rings. The Balaban J connectivity index is 1.79. The molecule has 0 unspecified atom stereocenters. The summed E-state index contributed by atoms with van der Waals surface area (Å²) in [6, 6.07) is 16.5. The molecule has 0 aliphatic heterocycles. The van der Waals surface area contributed by atoms with Crippen molar-refractivity contribution in [3.8, 4) is 0 Å². The third-order valence-electron chi connectivity index (χ3n) is 5.13. The zero-order valence-corrected chi connectivity index (χ0v) is 17.4. The normalized spacial score (nSPS) is 11.4. The summed E-state index contributed by atoms with van der Waals surface area (Å²) in [5, 5.41) is 0. The number of rotatable bonds is 8. The number of halogens is 3. The van der Waals surface area contributed by atoms with Gasteiger partial charge >= 0.3 is 6.18 Å². The maximum Gasteiger partial charge on any atom is 0.416 e. The number of carbonyl (C=O) groups is 1. The summed E-state index contributed by atoms with van der Waals surface area (Å²) in [5.41, 5.74) is 2.45. The average molecular weight is 426 g/mol. The average Bonchev–Trinajstić information content (AvgIpc) is 3.19. The van der Waals surface area contributed by atoms with E-state index < -0.39 is 11.7 Å². The molecule has 0 spiro atoms. The topological polar surface area (TPSA) is 25.2 Å². The van der Waals surface area contributed by atoms with Crippen molar-refractivity contribution in [1.82, 2.24) is 9.47 Å². The van der Waals surface area contributed by atoms with E-state index in [0.29, 0.717) is 24.2 Å². The highest BCUT2D eigenvalue weighted by Crippen LogP contribution is 2.29. The highest BCUT2D eigenvalue weighted by atomic mass is 19.4. The van der Waals surface area contributed by atoms with Crippen LogP contribution in [0.5, 0.6) is 0 Å². The molecule has 1 heterocycles. The van der Waals surface area contributed by atoms with Crippen molar-refractivity contribution in [2.24, 2.45) is 0 Å². The van der Waals surface area contributed by atoms with Crippen LogP contribution in [0.2, 0.25) is 0 Å². The van der Waals surface area contributed by atoms with E-state index in [4.69, 9.17) is 0 Å². The predicted molar refractivity (Wildman–Crippen MR) is 116 cm³/mol. The summed E-state index contributed by atoms with van der Waals surface area (Å²) in [5.74, 6) is -0.116. The predicted octanol–water partition coefficient (Wildman–Crippen LogP) is 5.95. The van der Waals surface area contributed by atoms with Gasteiger partial charge in [0.05, 0.1) is 12.1 Å². The van der Waals surface area contributed by atoms with Crippen molar-refractivity contribution in [3.05, 3.63) is 107 Å². The van der Waals surface area contributed by atoms with Crippen molar-refractivity contribution < 1.29 is 18.0 Å². The monoisotopic (exact) mass is 426 g/mol. The van der Waals surface area contributed by atoms with Gasteiger partial charge < -0.3 is 9.47 Å². The second-order valence-electron chi connectivity index (χ2n) is 7.35. The minimum absolute atomic E-state index is 0.116. The van der Waals surface area contributed by atoms with E-state index in [1.807, 2.05) is 47.2 Å². The van der Waals surface area contributed by atoms with Gasteiger partial charge in [-0.05, 0) is 53.9 Å². The lowest BCUT2D eigenvalue weighted by Gasteiger charge is -2.22. The van der Waals surface area contributed by atoms with Gasteiger partial charge in [0.2, 0.25) is 0 Å². The molecule has 1 aromatic heterocycles. The number of aromatic nitrogens is 1. The summed E-state index contributed by atoms with van der Waals surface area (Å²) in [6.45, 7) is 6.78. The molecule has 0 aliphatic carbocycles. The van der Waals surface area contributed by atoms with Crippen molar-refractivity contribution in [1.29, 1.82) is 0 Å². The maximum atomic E-state index is 13.0. The molecule has 31 heavy (non-hydrogen) atoms. The van der Waals surface area contributed by atoms with E-state index in [1.54, 1.807) is 17.0 Å². The maximum absolute atomic E-state index is 13.0. The van der Waals surface area contributed by atoms with Crippen LogP contribution in [0, 0.1) is 0 Å². The Labute approximate surface area is 180 Å². The minimum atomic E-state index is -4.38. The van der Waals surface area contributed by atoms with E-state index in [9.17, 15) is 18.0 Å². The molecule has 2 aromatic carbocycles. The molecule has 0 bridgehead atoms. The summed E-state index contributed by atoms with van der Waals surface area (Å²) < 4.78 is 40.9. The Hall–Kier alpha value is -3.28. The molecular weight excluding hydrogens is 401 g/mol. The number of alkyl halides is 3. The van der Waals surface area contributed by atoms with Gasteiger partial charge in [-0.15, -0.1) is 6.58 Å². The lowest BCUT2D eigenvalue weighted by Crippen LogP contribution is -2.31. The van der Waals surface area contributed by atoms with Crippen molar-refractivity contribution in [3.63, 3.8) is 0 Å². The zero-order chi connectivity index (χ0) is 22.4. The molecule has 0 radical (unpaired) electrons. The van der Waals surface area contributed by atoms with Crippen LogP contribution in [-0.2, 0) is 25.7 Å². The number of hydrogen-bond acceptors (Lipinski definition) is 1. The molecule has 0 aliphatic rings. The fourth-order valence-electron chi connectivity index (χ4n) is 3.43. The first kappa shape index (κ1) is 22.4. The molecule has 0 saturated heterocycles. The summed E-state index contributed by atoms with van der Waals surface area (Å²) in [4.78, 5) is 14.7. The van der Waals surface area contributed by atoms with Gasteiger partial charge in [-0.1, -0.05) is 37.3 Å². The fraction of sp³-hybridized carbons (Fsp3) is 0.240. The quantitative estimate of drug-likeness (QED) is 0.409. The third-order valence-corrected chi connectivity index (χ3v) is 5.13. The largest absolute Gasteiger partial charge is 0.416 e. The van der Waals surface area contributed by atoms with Crippen LogP contribution in [0.4, 0.5) is 13.2 Å². The first-order chi connectivity index (χ1) is 14.8. The molecule has 6 heteroatoms. The second kappa shape index (κ2) is 9.69. The smallest absolute Gasteiger partial charge is 0.345 e. The van der Waals surface area contributed by atoms with Gasteiger partial charge in [0.25, 0.3) is 5.91 Å². The Morgan fingerprint density at radius 1 is 1.06 bits per heavy atom. The number of hydrogen-bond donors (Lipinski definition) is 0. The van der Waals surface area contributed by atoms with Crippen LogP contribution in [0.1, 0.15) is 39.7 Å². The molecule has 0 N–H and O–H groups in total. The summed E-state index contributed by atoms with van der Waals surface area (Å²) in [7, 11) is 0. The van der Waals surface area contributed by atoms with E-state index >= 15 is 0 Å². The van der Waals surface area contributed by atoms with E-state index in [-0.39, 0.29) is 12.5 Å². The zero-order valence-electron chi connectivity index (χ0n) is 17.4. The van der Waals surface area contributed by atoms with Gasteiger partial charge in [0.15, 0.2) is 0 Å². The van der Waals surface area contributed by atoms with Crippen LogP contribution in [-0.4, -0.2) is 21.9 Å². The molecule has 0 saturated carbocycles. The highest BCUT2D eigenvalue weighted by Gasteiger charge is 2.30. The first-order valence-electron chi connectivity index (χ1n) is 10.1. The van der Waals surface area contributed by atoms with Crippen LogP contribution < -0.4 is 0 Å². The van der Waals surface area contributed by atoms with E-state index in [1.165, 1.54) is 6.07 Å². The van der Waals surface area contributed by atoms with Gasteiger partial charge in [-0.3, -0.25) is 4.79 Å². The van der Waals surface area contributed by atoms with Gasteiger partial charge in [-0.2, -0.15) is 13.2 Å². The number of carbonyl (C=O) groups excluding carboxylic acids is 1. The molecule has 1 amide bonds. The van der Waals surface area contributed by atoms with Crippen molar-refractivity contribution in [2.45, 2.75) is 32.6 Å². The number of aryl methyl sites for hydroxylation is 1. The van der Waals surface area contributed by atoms with Gasteiger partial charge in [-0.25, -0.2) is 0 Å².